The molecule has 138 valence electrons. The fourth-order valence-corrected chi connectivity index (χ4v) is 5.88. The number of benzene rings is 2. The number of hydrogen-bond acceptors (Lipinski definition) is 2. The second-order valence-electron chi connectivity index (χ2n) is 5.70. The van der Waals surface area contributed by atoms with Crippen LogP contribution in [0.1, 0.15) is 6.42 Å². The van der Waals surface area contributed by atoms with Crippen LogP contribution in [-0.4, -0.2) is 19.9 Å². The van der Waals surface area contributed by atoms with Gasteiger partial charge in [-0.3, -0.25) is 9.11 Å². The Bertz CT molecular complexity index is 800. The molecular formula is C19H18F3O2S2+. The molecule has 0 aromatic heterocycles. The summed E-state index contributed by atoms with van der Waals surface area (Å²) in [5.74, 6) is 0. The molecule has 0 bridgehead atoms. The summed E-state index contributed by atoms with van der Waals surface area (Å²) in [6, 6.07) is 15.3. The largest absolute Gasteiger partial charge is 0.500 e. The van der Waals surface area contributed by atoms with E-state index in [4.69, 9.17) is 0 Å². The van der Waals surface area contributed by atoms with E-state index >= 15 is 0 Å². The van der Waals surface area contributed by atoms with Crippen molar-refractivity contribution in [3.63, 3.8) is 0 Å². The fourth-order valence-electron chi connectivity index (χ4n) is 2.70. The highest BCUT2D eigenvalue weighted by atomic mass is 32.3. The Kier molecular flexibility index (Phi) is 5.53. The van der Waals surface area contributed by atoms with Gasteiger partial charge in [-0.25, -0.2) is 0 Å². The monoisotopic (exact) mass is 399 g/mol. The van der Waals surface area contributed by atoms with Gasteiger partial charge < -0.3 is 0 Å². The highest BCUT2D eigenvalue weighted by molar-refractivity contribution is 8.25. The van der Waals surface area contributed by atoms with Crippen LogP contribution in [0.15, 0.2) is 93.6 Å². The van der Waals surface area contributed by atoms with E-state index in [0.717, 1.165) is 16.2 Å². The Morgan fingerprint density at radius 3 is 2.04 bits per heavy atom. The number of halogens is 3. The molecule has 1 aliphatic rings. The highest BCUT2D eigenvalue weighted by Crippen LogP contribution is 2.61. The van der Waals surface area contributed by atoms with Crippen molar-refractivity contribution in [2.75, 3.05) is 0 Å². The Labute approximate surface area is 154 Å². The number of rotatable bonds is 4. The first kappa shape index (κ1) is 19.1. The molecule has 2 N–H and O–H groups in total. The molecule has 3 rings (SSSR count). The standard InChI is InChI=1S/C19H17F3O2S2/c20-19(21,22)26(23,24)18-13-11-17(12-14-18)25(15-7-3-1-4-8-15)16-9-5-2-6-10-16/h1-9,11-14,16H,10H2,(H-,23,24)/p+1. The van der Waals surface area contributed by atoms with Crippen molar-refractivity contribution in [3.05, 3.63) is 78.9 Å². The molecule has 2 atom stereocenters. The van der Waals surface area contributed by atoms with Crippen molar-refractivity contribution < 1.29 is 22.3 Å². The first-order valence-electron chi connectivity index (χ1n) is 7.87. The Balaban J connectivity index is 1.98. The first-order chi connectivity index (χ1) is 12.3. The smallest absolute Gasteiger partial charge is 0.288 e. The molecule has 7 heteroatoms. The van der Waals surface area contributed by atoms with Crippen molar-refractivity contribution in [2.45, 2.75) is 31.9 Å². The summed E-state index contributed by atoms with van der Waals surface area (Å²) in [7, 11) is -5.20. The van der Waals surface area contributed by atoms with Gasteiger partial charge in [0, 0.05) is 6.42 Å². The summed E-state index contributed by atoms with van der Waals surface area (Å²) in [5.41, 5.74) is -5.08. The molecule has 26 heavy (non-hydrogen) atoms. The van der Waals surface area contributed by atoms with Crippen LogP contribution in [0.2, 0.25) is 0 Å². The van der Waals surface area contributed by atoms with Gasteiger partial charge in [-0.05, 0) is 42.5 Å². The van der Waals surface area contributed by atoms with Crippen molar-refractivity contribution in [1.29, 1.82) is 0 Å². The van der Waals surface area contributed by atoms with E-state index in [1.54, 1.807) is 12.1 Å². The molecule has 0 radical (unpaired) electrons. The van der Waals surface area contributed by atoms with Gasteiger partial charge in [0.2, 0.25) is 0 Å². The highest BCUT2D eigenvalue weighted by Gasteiger charge is 2.47. The van der Waals surface area contributed by atoms with Crippen molar-refractivity contribution >= 4 is 21.5 Å². The lowest BCUT2D eigenvalue weighted by atomic mass is 10.2. The van der Waals surface area contributed by atoms with Gasteiger partial charge in [0.25, 0.3) is 0 Å². The van der Waals surface area contributed by atoms with Gasteiger partial charge in [0.15, 0.2) is 15.0 Å². The summed E-state index contributed by atoms with van der Waals surface area (Å²) in [6.45, 7) is 0. The molecule has 2 unspecified atom stereocenters. The summed E-state index contributed by atoms with van der Waals surface area (Å²) in [4.78, 5) is 1.44. The fraction of sp³-hybridized carbons (Fsp3) is 0.158. The molecule has 2 aromatic rings. The lowest BCUT2D eigenvalue weighted by molar-refractivity contribution is -0.0527. The lowest BCUT2D eigenvalue weighted by Crippen LogP contribution is -2.22. The molecule has 0 fully saturated rings. The zero-order valence-electron chi connectivity index (χ0n) is 13.6. The molecule has 0 saturated heterocycles. The third kappa shape index (κ3) is 3.86. The van der Waals surface area contributed by atoms with E-state index in [9.17, 15) is 22.3 Å². The Morgan fingerprint density at radius 1 is 0.885 bits per heavy atom. The van der Waals surface area contributed by atoms with Crippen molar-refractivity contribution in [1.82, 2.24) is 0 Å². The topological polar surface area (TPSA) is 40.5 Å². The van der Waals surface area contributed by atoms with E-state index in [1.165, 1.54) is 12.1 Å². The van der Waals surface area contributed by atoms with Crippen LogP contribution < -0.4 is 0 Å². The summed E-state index contributed by atoms with van der Waals surface area (Å²) in [6.07, 6.45) is 8.97. The molecule has 0 spiro atoms. The van der Waals surface area contributed by atoms with Gasteiger partial charge in [0.05, 0.1) is 15.8 Å². The van der Waals surface area contributed by atoms with Crippen LogP contribution in [0, 0.1) is 0 Å². The quantitative estimate of drug-likeness (QED) is 0.598. The second kappa shape index (κ2) is 7.52. The molecule has 0 saturated carbocycles. The molecular weight excluding hydrogens is 381 g/mol. The predicted molar refractivity (Wildman–Crippen MR) is 101 cm³/mol. The SMILES string of the molecule is OS(O)(c1ccc([S+](c2ccccc2)C2C=CC=CC2)cc1)C(F)(F)F. The third-order valence-corrected chi connectivity index (χ3v) is 8.06. The zero-order valence-corrected chi connectivity index (χ0v) is 15.3. The van der Waals surface area contributed by atoms with Crippen LogP contribution in [0.3, 0.4) is 0 Å². The van der Waals surface area contributed by atoms with Crippen LogP contribution in [0.5, 0.6) is 0 Å². The second-order valence-corrected chi connectivity index (χ2v) is 9.96. The van der Waals surface area contributed by atoms with E-state index in [-0.39, 0.29) is 16.1 Å². The maximum atomic E-state index is 12.9. The van der Waals surface area contributed by atoms with E-state index in [0.29, 0.717) is 0 Å². The summed E-state index contributed by atoms with van der Waals surface area (Å²) >= 11 is 0. The van der Waals surface area contributed by atoms with Gasteiger partial charge in [-0.1, -0.05) is 47.0 Å². The number of hydrogen-bond donors (Lipinski definition) is 2. The van der Waals surface area contributed by atoms with Crippen molar-refractivity contribution in [2.24, 2.45) is 0 Å². The molecule has 2 nitrogen and oxygen atoms in total. The van der Waals surface area contributed by atoms with E-state index in [2.05, 4.69) is 12.2 Å². The van der Waals surface area contributed by atoms with Gasteiger partial charge in [-0.2, -0.15) is 13.2 Å². The molecule has 0 amide bonds. The first-order valence-corrected chi connectivity index (χ1v) is 10.7. The Hall–Kier alpha value is -1.67. The molecule has 0 heterocycles. The summed E-state index contributed by atoms with van der Waals surface area (Å²) < 4.78 is 57.6. The minimum atomic E-state index is -5.08. The maximum Gasteiger partial charge on any atom is 0.500 e. The summed E-state index contributed by atoms with van der Waals surface area (Å²) in [5, 5.41) is 0.205. The van der Waals surface area contributed by atoms with E-state index < -0.39 is 21.0 Å². The van der Waals surface area contributed by atoms with Crippen LogP contribution >= 0.6 is 10.6 Å². The lowest BCUT2D eigenvalue weighted by Gasteiger charge is -2.33. The third-order valence-electron chi connectivity index (χ3n) is 3.97. The predicted octanol–water partition coefficient (Wildman–Crippen LogP) is 6.24. The molecule has 1 aliphatic carbocycles. The number of allylic oxidation sites excluding steroid dienone is 3. The Morgan fingerprint density at radius 2 is 1.50 bits per heavy atom. The molecule has 0 aliphatic heterocycles. The zero-order chi connectivity index (χ0) is 18.8. The average Bonchev–Trinajstić information content (AvgIpc) is 2.63. The average molecular weight is 399 g/mol. The van der Waals surface area contributed by atoms with Crippen molar-refractivity contribution in [3.8, 4) is 0 Å². The normalized spacial score (nSPS) is 19.3. The van der Waals surface area contributed by atoms with Gasteiger partial charge in [-0.15, -0.1) is 0 Å². The van der Waals surface area contributed by atoms with Crippen LogP contribution in [-0.2, 0) is 10.9 Å². The maximum absolute atomic E-state index is 12.9. The minimum absolute atomic E-state index is 0.205. The van der Waals surface area contributed by atoms with Crippen LogP contribution in [0.4, 0.5) is 13.2 Å². The van der Waals surface area contributed by atoms with E-state index in [1.807, 2.05) is 42.5 Å². The minimum Gasteiger partial charge on any atom is -0.288 e. The van der Waals surface area contributed by atoms with Gasteiger partial charge in [0.1, 0.15) is 0 Å². The molecule has 2 aromatic carbocycles. The number of alkyl halides is 3. The van der Waals surface area contributed by atoms with Gasteiger partial charge >= 0.3 is 5.51 Å². The van der Waals surface area contributed by atoms with Crippen LogP contribution in [0.25, 0.3) is 0 Å².